The summed E-state index contributed by atoms with van der Waals surface area (Å²) in [6.45, 7) is 1.82. The third-order valence-electron chi connectivity index (χ3n) is 4.21. The van der Waals surface area contributed by atoms with Crippen LogP contribution in [0.5, 0.6) is 11.5 Å². The maximum absolute atomic E-state index is 12.5. The van der Waals surface area contributed by atoms with E-state index >= 15 is 0 Å². The summed E-state index contributed by atoms with van der Waals surface area (Å²) in [5.41, 5.74) is 1.14. The summed E-state index contributed by atoms with van der Waals surface area (Å²) >= 11 is 1.40. The van der Waals surface area contributed by atoms with Crippen LogP contribution in [0.15, 0.2) is 18.2 Å². The predicted molar refractivity (Wildman–Crippen MR) is 99.9 cm³/mol. The molecule has 0 bridgehead atoms. The molecule has 0 saturated carbocycles. The average molecular weight is 396 g/mol. The third-order valence-corrected chi connectivity index (χ3v) is 7.00. The molecule has 140 valence electrons. The number of hydrogen-bond acceptors (Lipinski definition) is 7. The van der Waals surface area contributed by atoms with Crippen molar-refractivity contribution < 1.29 is 22.7 Å². The Hall–Kier alpha value is -2.13. The highest BCUT2D eigenvalue weighted by atomic mass is 32.2. The fourth-order valence-electron chi connectivity index (χ4n) is 2.86. The van der Waals surface area contributed by atoms with E-state index < -0.39 is 9.84 Å². The van der Waals surface area contributed by atoms with Crippen LogP contribution >= 0.6 is 11.3 Å². The van der Waals surface area contributed by atoms with Crippen LogP contribution in [-0.2, 0) is 9.84 Å². The summed E-state index contributed by atoms with van der Waals surface area (Å²) in [4.78, 5) is 17.7. The topological polar surface area (TPSA) is 94.6 Å². The number of aryl methyl sites for hydroxylation is 1. The standard InChI is InChI=1S/C17H20N2O5S2/c1-10-15(16(20)18-12-6-7-26(21,22)9-12)19-17(25-10)11-4-5-13(23-2)14(8-11)24-3/h4-5,8,12H,6-7,9H2,1-3H3,(H,18,20). The molecule has 2 heterocycles. The second kappa shape index (κ2) is 7.24. The first kappa shape index (κ1) is 18.7. The van der Waals surface area contributed by atoms with E-state index in [2.05, 4.69) is 10.3 Å². The van der Waals surface area contributed by atoms with E-state index in [4.69, 9.17) is 9.47 Å². The molecule has 1 unspecified atom stereocenters. The molecule has 26 heavy (non-hydrogen) atoms. The predicted octanol–water partition coefficient (Wildman–Crippen LogP) is 2.05. The number of nitrogens with one attached hydrogen (secondary N) is 1. The van der Waals surface area contributed by atoms with E-state index in [0.29, 0.717) is 28.6 Å². The minimum atomic E-state index is -3.04. The summed E-state index contributed by atoms with van der Waals surface area (Å²) in [5, 5.41) is 3.47. The van der Waals surface area contributed by atoms with Gasteiger partial charge in [-0.1, -0.05) is 0 Å². The number of carbonyl (C=O) groups excluding carboxylic acids is 1. The number of benzene rings is 1. The number of amides is 1. The van der Waals surface area contributed by atoms with Gasteiger partial charge in [0.05, 0.1) is 25.7 Å². The number of thiazole rings is 1. The van der Waals surface area contributed by atoms with Crippen molar-refractivity contribution in [1.82, 2.24) is 10.3 Å². The van der Waals surface area contributed by atoms with Gasteiger partial charge in [-0.15, -0.1) is 11.3 Å². The van der Waals surface area contributed by atoms with Crippen molar-refractivity contribution in [2.75, 3.05) is 25.7 Å². The minimum absolute atomic E-state index is 0.00946. The van der Waals surface area contributed by atoms with Gasteiger partial charge in [0.15, 0.2) is 21.3 Å². The van der Waals surface area contributed by atoms with Crippen LogP contribution in [-0.4, -0.2) is 51.1 Å². The van der Waals surface area contributed by atoms with Gasteiger partial charge >= 0.3 is 0 Å². The molecule has 1 fully saturated rings. The van der Waals surface area contributed by atoms with Gasteiger partial charge in [-0.25, -0.2) is 13.4 Å². The smallest absolute Gasteiger partial charge is 0.271 e. The van der Waals surface area contributed by atoms with Gasteiger partial charge in [0.1, 0.15) is 10.7 Å². The van der Waals surface area contributed by atoms with Crippen molar-refractivity contribution >= 4 is 27.1 Å². The highest BCUT2D eigenvalue weighted by Gasteiger charge is 2.30. The zero-order chi connectivity index (χ0) is 18.9. The van der Waals surface area contributed by atoms with Crippen molar-refractivity contribution in [1.29, 1.82) is 0 Å². The van der Waals surface area contributed by atoms with Gasteiger partial charge in [0.25, 0.3) is 5.91 Å². The Bertz CT molecular complexity index is 937. The van der Waals surface area contributed by atoms with Crippen LogP contribution in [0.2, 0.25) is 0 Å². The van der Waals surface area contributed by atoms with Crippen molar-refractivity contribution in [3.8, 4) is 22.1 Å². The molecule has 0 aliphatic carbocycles. The molecule has 1 aliphatic heterocycles. The number of carbonyl (C=O) groups is 1. The molecule has 0 spiro atoms. The molecule has 9 heteroatoms. The minimum Gasteiger partial charge on any atom is -0.493 e. The average Bonchev–Trinajstić information content (AvgIpc) is 3.16. The number of rotatable bonds is 5. The molecule has 1 saturated heterocycles. The number of nitrogens with zero attached hydrogens (tertiary/aromatic N) is 1. The normalized spacial score (nSPS) is 18.5. The lowest BCUT2D eigenvalue weighted by Gasteiger charge is -2.09. The first-order chi connectivity index (χ1) is 12.3. The highest BCUT2D eigenvalue weighted by Crippen LogP contribution is 2.34. The first-order valence-corrected chi connectivity index (χ1v) is 10.7. The molecule has 1 aliphatic rings. The Morgan fingerprint density at radius 1 is 1.27 bits per heavy atom. The van der Waals surface area contributed by atoms with Gasteiger partial charge in [0.2, 0.25) is 0 Å². The second-order valence-corrected chi connectivity index (χ2v) is 9.50. The molecular formula is C17H20N2O5S2. The zero-order valence-corrected chi connectivity index (χ0v) is 16.4. The molecule has 1 aromatic heterocycles. The number of aromatic nitrogens is 1. The lowest BCUT2D eigenvalue weighted by Crippen LogP contribution is -2.36. The van der Waals surface area contributed by atoms with Crippen molar-refractivity contribution in [2.45, 2.75) is 19.4 Å². The third kappa shape index (κ3) is 3.83. The van der Waals surface area contributed by atoms with Gasteiger partial charge in [-0.2, -0.15) is 0 Å². The van der Waals surface area contributed by atoms with E-state index in [1.807, 2.05) is 19.1 Å². The van der Waals surface area contributed by atoms with Crippen molar-refractivity contribution in [3.05, 3.63) is 28.8 Å². The van der Waals surface area contributed by atoms with E-state index in [-0.39, 0.29) is 23.5 Å². The Balaban J connectivity index is 1.82. The zero-order valence-electron chi connectivity index (χ0n) is 14.7. The lowest BCUT2D eigenvalue weighted by molar-refractivity contribution is 0.0936. The van der Waals surface area contributed by atoms with Gasteiger partial charge < -0.3 is 14.8 Å². The van der Waals surface area contributed by atoms with E-state index in [1.54, 1.807) is 20.3 Å². The molecule has 1 amide bonds. The van der Waals surface area contributed by atoms with Gasteiger partial charge in [0, 0.05) is 16.5 Å². The molecule has 7 nitrogen and oxygen atoms in total. The Labute approximate surface area is 156 Å². The SMILES string of the molecule is COc1ccc(-c2nc(C(=O)NC3CCS(=O)(=O)C3)c(C)s2)cc1OC. The highest BCUT2D eigenvalue weighted by molar-refractivity contribution is 7.91. The summed E-state index contributed by atoms with van der Waals surface area (Å²) in [6.07, 6.45) is 0.444. The number of methoxy groups -OCH3 is 2. The largest absolute Gasteiger partial charge is 0.493 e. The van der Waals surface area contributed by atoms with Crippen LogP contribution in [0.1, 0.15) is 21.8 Å². The van der Waals surface area contributed by atoms with Crippen molar-refractivity contribution in [2.24, 2.45) is 0 Å². The van der Waals surface area contributed by atoms with Crippen LogP contribution < -0.4 is 14.8 Å². The molecule has 1 aromatic carbocycles. The molecule has 0 radical (unpaired) electrons. The van der Waals surface area contributed by atoms with Crippen LogP contribution in [0.4, 0.5) is 0 Å². The van der Waals surface area contributed by atoms with Gasteiger partial charge in [-0.05, 0) is 31.5 Å². The fraction of sp³-hybridized carbons (Fsp3) is 0.412. The Morgan fingerprint density at radius 3 is 2.62 bits per heavy atom. The maximum Gasteiger partial charge on any atom is 0.271 e. The van der Waals surface area contributed by atoms with Crippen molar-refractivity contribution in [3.63, 3.8) is 0 Å². The summed E-state index contributed by atoms with van der Waals surface area (Å²) < 4.78 is 33.6. The summed E-state index contributed by atoms with van der Waals surface area (Å²) in [6, 6.07) is 5.10. The molecule has 3 rings (SSSR count). The van der Waals surface area contributed by atoms with E-state index in [9.17, 15) is 13.2 Å². The molecule has 2 aromatic rings. The second-order valence-electron chi connectivity index (χ2n) is 6.07. The molecular weight excluding hydrogens is 376 g/mol. The van der Waals surface area contributed by atoms with Crippen LogP contribution in [0, 0.1) is 6.92 Å². The first-order valence-electron chi connectivity index (χ1n) is 8.04. The van der Waals surface area contributed by atoms with Crippen LogP contribution in [0.3, 0.4) is 0 Å². The number of hydrogen-bond donors (Lipinski definition) is 1. The summed E-state index contributed by atoms with van der Waals surface area (Å²) in [5.74, 6) is 0.965. The molecule has 1 N–H and O–H groups in total. The fourth-order valence-corrected chi connectivity index (χ4v) is 5.44. The quantitative estimate of drug-likeness (QED) is 0.831. The monoisotopic (exact) mass is 396 g/mol. The number of ether oxygens (including phenoxy) is 2. The summed E-state index contributed by atoms with van der Waals surface area (Å²) in [7, 11) is 0.0812. The Morgan fingerprint density at radius 2 is 2.00 bits per heavy atom. The van der Waals surface area contributed by atoms with Gasteiger partial charge in [-0.3, -0.25) is 4.79 Å². The Kier molecular flexibility index (Phi) is 5.19. The molecule has 1 atom stereocenters. The van der Waals surface area contributed by atoms with E-state index in [1.165, 1.54) is 11.3 Å². The maximum atomic E-state index is 12.5. The van der Waals surface area contributed by atoms with E-state index in [0.717, 1.165) is 10.4 Å². The number of sulfone groups is 1. The lowest BCUT2D eigenvalue weighted by atomic mass is 10.2. The van der Waals surface area contributed by atoms with Crippen LogP contribution in [0.25, 0.3) is 10.6 Å².